The van der Waals surface area contributed by atoms with Gasteiger partial charge in [-0.05, 0) is 32.8 Å². The Labute approximate surface area is 146 Å². The highest BCUT2D eigenvalue weighted by Gasteiger charge is 2.21. The molecule has 134 valence electrons. The lowest BCUT2D eigenvalue weighted by Crippen LogP contribution is -2.46. The smallest absolute Gasteiger partial charge is 0.191 e. The number of ether oxygens (including phenoxy) is 1. The Morgan fingerprint density at radius 2 is 1.92 bits per heavy atom. The topological polar surface area (TPSA) is 48.9 Å². The third kappa shape index (κ3) is 6.13. The highest BCUT2D eigenvalue weighted by molar-refractivity contribution is 5.80. The number of hydrogen-bond acceptors (Lipinski definition) is 3. The van der Waals surface area contributed by atoms with Crippen LogP contribution in [0, 0.1) is 0 Å². The van der Waals surface area contributed by atoms with Gasteiger partial charge in [-0.3, -0.25) is 9.89 Å². The van der Waals surface area contributed by atoms with E-state index in [0.717, 1.165) is 38.6 Å². The third-order valence-electron chi connectivity index (χ3n) is 4.32. The summed E-state index contributed by atoms with van der Waals surface area (Å²) < 4.78 is 5.78. The van der Waals surface area contributed by atoms with Crippen LogP contribution in [0.5, 0.6) is 0 Å². The Hall–Kier alpha value is -1.59. The Kier molecular flexibility index (Phi) is 7.53. The number of rotatable bonds is 6. The van der Waals surface area contributed by atoms with E-state index in [1.807, 2.05) is 13.1 Å². The number of benzene rings is 1. The molecule has 24 heavy (non-hydrogen) atoms. The van der Waals surface area contributed by atoms with E-state index in [9.17, 15) is 0 Å². The summed E-state index contributed by atoms with van der Waals surface area (Å²) in [4.78, 5) is 6.81. The summed E-state index contributed by atoms with van der Waals surface area (Å²) in [5.74, 6) is 0.857. The van der Waals surface area contributed by atoms with Crippen LogP contribution in [0.3, 0.4) is 0 Å². The normalized spacial score (nSPS) is 23.8. The van der Waals surface area contributed by atoms with E-state index in [0.29, 0.717) is 12.2 Å². The second-order valence-electron chi connectivity index (χ2n) is 6.65. The van der Waals surface area contributed by atoms with Crippen LogP contribution in [-0.4, -0.2) is 56.3 Å². The molecule has 5 nitrogen and oxygen atoms in total. The predicted molar refractivity (Wildman–Crippen MR) is 100 cm³/mol. The molecule has 0 radical (unpaired) electrons. The first-order valence-electron chi connectivity index (χ1n) is 8.98. The summed E-state index contributed by atoms with van der Waals surface area (Å²) in [5, 5.41) is 6.85. The lowest BCUT2D eigenvalue weighted by Gasteiger charge is -2.35. The van der Waals surface area contributed by atoms with Crippen molar-refractivity contribution in [1.82, 2.24) is 15.5 Å². The number of morpholine rings is 1. The van der Waals surface area contributed by atoms with Gasteiger partial charge in [0.2, 0.25) is 0 Å². The molecule has 1 aromatic rings. The van der Waals surface area contributed by atoms with Crippen LogP contribution in [0.4, 0.5) is 0 Å². The molecule has 1 saturated heterocycles. The molecule has 1 aromatic carbocycles. The minimum absolute atomic E-state index is 0.235. The number of guanidine groups is 1. The van der Waals surface area contributed by atoms with Crippen LogP contribution in [0.15, 0.2) is 35.3 Å². The molecule has 1 aliphatic heterocycles. The zero-order valence-corrected chi connectivity index (χ0v) is 15.5. The van der Waals surface area contributed by atoms with Gasteiger partial charge in [-0.25, -0.2) is 0 Å². The number of nitrogens with one attached hydrogen (secondary N) is 2. The van der Waals surface area contributed by atoms with Crippen LogP contribution in [0.2, 0.25) is 0 Å². The fourth-order valence-electron chi connectivity index (χ4n) is 3.20. The van der Waals surface area contributed by atoms with E-state index >= 15 is 0 Å². The molecular formula is C19H32N4O. The standard InChI is InChI=1S/C19H32N4O/c1-15-13-23(14-16(2)24-15)12-8-11-21-19(20-4)22-17(3)18-9-6-5-7-10-18/h5-7,9-10,15-17H,8,11-14H2,1-4H3,(H2,20,21,22). The molecule has 1 heterocycles. The Balaban J connectivity index is 1.68. The van der Waals surface area contributed by atoms with Crippen molar-refractivity contribution in [3.8, 4) is 0 Å². The molecule has 5 heteroatoms. The highest BCUT2D eigenvalue weighted by Crippen LogP contribution is 2.11. The maximum Gasteiger partial charge on any atom is 0.191 e. The number of aliphatic imine (C=N–C) groups is 1. The summed E-state index contributed by atoms with van der Waals surface area (Å²) in [5.41, 5.74) is 1.26. The second-order valence-corrected chi connectivity index (χ2v) is 6.65. The largest absolute Gasteiger partial charge is 0.373 e. The predicted octanol–water partition coefficient (Wildman–Crippen LogP) is 2.41. The summed E-state index contributed by atoms with van der Waals surface area (Å²) in [6, 6.07) is 10.7. The first-order chi connectivity index (χ1) is 11.6. The van der Waals surface area contributed by atoms with Gasteiger partial charge in [0.05, 0.1) is 18.2 Å². The SMILES string of the molecule is CN=C(NCCCN1CC(C)OC(C)C1)NC(C)c1ccccc1. The molecule has 0 aliphatic carbocycles. The summed E-state index contributed by atoms with van der Waals surface area (Å²) in [7, 11) is 1.82. The summed E-state index contributed by atoms with van der Waals surface area (Å²) >= 11 is 0. The van der Waals surface area contributed by atoms with Crippen molar-refractivity contribution in [3.63, 3.8) is 0 Å². The minimum atomic E-state index is 0.235. The molecule has 0 spiro atoms. The molecule has 2 N–H and O–H groups in total. The molecule has 0 bridgehead atoms. The van der Waals surface area contributed by atoms with Crippen LogP contribution in [0.25, 0.3) is 0 Å². The molecule has 3 unspecified atom stereocenters. The average Bonchev–Trinajstić information content (AvgIpc) is 2.57. The molecule has 0 aromatic heterocycles. The van der Waals surface area contributed by atoms with Gasteiger partial charge in [0.25, 0.3) is 0 Å². The van der Waals surface area contributed by atoms with Gasteiger partial charge in [0.1, 0.15) is 0 Å². The van der Waals surface area contributed by atoms with Crippen molar-refractivity contribution in [1.29, 1.82) is 0 Å². The van der Waals surface area contributed by atoms with Crippen LogP contribution < -0.4 is 10.6 Å². The average molecular weight is 332 g/mol. The lowest BCUT2D eigenvalue weighted by molar-refractivity contribution is -0.0679. The van der Waals surface area contributed by atoms with Crippen LogP contribution in [0.1, 0.15) is 38.8 Å². The van der Waals surface area contributed by atoms with Gasteiger partial charge in [-0.15, -0.1) is 0 Å². The number of hydrogen-bond donors (Lipinski definition) is 2. The van der Waals surface area contributed by atoms with Crippen molar-refractivity contribution in [2.24, 2.45) is 4.99 Å². The molecular weight excluding hydrogens is 300 g/mol. The van der Waals surface area contributed by atoms with Crippen molar-refractivity contribution in [2.75, 3.05) is 33.2 Å². The van der Waals surface area contributed by atoms with E-state index in [1.165, 1.54) is 5.56 Å². The highest BCUT2D eigenvalue weighted by atomic mass is 16.5. The quantitative estimate of drug-likeness (QED) is 0.477. The minimum Gasteiger partial charge on any atom is -0.373 e. The zero-order valence-electron chi connectivity index (χ0n) is 15.5. The van der Waals surface area contributed by atoms with Crippen molar-refractivity contribution < 1.29 is 4.74 Å². The van der Waals surface area contributed by atoms with Crippen LogP contribution in [-0.2, 0) is 4.74 Å². The molecule has 1 aliphatic rings. The number of nitrogens with zero attached hydrogens (tertiary/aromatic N) is 2. The van der Waals surface area contributed by atoms with Gasteiger partial charge in [0, 0.05) is 33.2 Å². The van der Waals surface area contributed by atoms with Gasteiger partial charge in [0.15, 0.2) is 5.96 Å². The second kappa shape index (κ2) is 9.64. The lowest BCUT2D eigenvalue weighted by atomic mass is 10.1. The van der Waals surface area contributed by atoms with Crippen molar-refractivity contribution >= 4 is 5.96 Å². The Bertz CT molecular complexity index is 495. The van der Waals surface area contributed by atoms with Crippen LogP contribution >= 0.6 is 0 Å². The molecule has 3 atom stereocenters. The fourth-order valence-corrected chi connectivity index (χ4v) is 3.20. The monoisotopic (exact) mass is 332 g/mol. The Morgan fingerprint density at radius 3 is 2.54 bits per heavy atom. The maximum absolute atomic E-state index is 5.78. The zero-order chi connectivity index (χ0) is 17.4. The summed E-state index contributed by atoms with van der Waals surface area (Å²) in [6.45, 7) is 10.5. The van der Waals surface area contributed by atoms with E-state index in [2.05, 4.69) is 65.6 Å². The van der Waals surface area contributed by atoms with Gasteiger partial charge in [-0.2, -0.15) is 0 Å². The molecule has 1 fully saturated rings. The molecule has 0 saturated carbocycles. The maximum atomic E-state index is 5.78. The molecule has 2 rings (SSSR count). The van der Waals surface area contributed by atoms with E-state index < -0.39 is 0 Å². The summed E-state index contributed by atoms with van der Waals surface area (Å²) in [6.07, 6.45) is 1.77. The first-order valence-corrected chi connectivity index (χ1v) is 8.98. The van der Waals surface area contributed by atoms with E-state index in [-0.39, 0.29) is 6.04 Å². The van der Waals surface area contributed by atoms with Gasteiger partial charge < -0.3 is 15.4 Å². The Morgan fingerprint density at radius 1 is 1.25 bits per heavy atom. The van der Waals surface area contributed by atoms with E-state index in [4.69, 9.17) is 4.74 Å². The van der Waals surface area contributed by atoms with Gasteiger partial charge in [-0.1, -0.05) is 30.3 Å². The van der Waals surface area contributed by atoms with Crippen molar-refractivity contribution in [3.05, 3.63) is 35.9 Å². The first kappa shape index (κ1) is 18.7. The fraction of sp³-hybridized carbons (Fsp3) is 0.632. The third-order valence-corrected chi connectivity index (χ3v) is 4.32. The van der Waals surface area contributed by atoms with Gasteiger partial charge >= 0.3 is 0 Å². The van der Waals surface area contributed by atoms with E-state index in [1.54, 1.807) is 0 Å². The van der Waals surface area contributed by atoms with Crippen molar-refractivity contribution in [2.45, 2.75) is 45.4 Å². The molecule has 0 amide bonds.